The molecule has 0 aliphatic rings. The monoisotopic (exact) mass is 405 g/mol. The molecule has 5 nitrogen and oxygen atoms in total. The Kier molecular flexibility index (Phi) is 7.18. The Balaban J connectivity index is 0.00000261. The number of hydrogen-bond donors (Lipinski definition) is 0. The normalized spacial score (nSPS) is 10.7. The van der Waals surface area contributed by atoms with Gasteiger partial charge in [-0.05, 0) is 44.8 Å². The van der Waals surface area contributed by atoms with Crippen LogP contribution in [0.5, 0.6) is 5.75 Å². The summed E-state index contributed by atoms with van der Waals surface area (Å²) in [6, 6.07) is 13.5. The number of ether oxygens (including phenoxy) is 1. The zero-order valence-corrected chi connectivity index (χ0v) is 17.6. The number of carbonyl (C=O) groups excluding carboxylic acids is 1. The van der Waals surface area contributed by atoms with Crippen molar-refractivity contribution in [1.29, 1.82) is 0 Å². The largest absolute Gasteiger partial charge is 0.497 e. The van der Waals surface area contributed by atoms with Crippen LogP contribution in [0, 0.1) is 6.92 Å². The first-order valence-electron chi connectivity index (χ1n) is 8.46. The van der Waals surface area contributed by atoms with E-state index in [1.54, 1.807) is 12.0 Å². The zero-order valence-electron chi connectivity index (χ0n) is 15.9. The smallest absolute Gasteiger partial charge is 0.260 e. The highest BCUT2D eigenvalue weighted by Crippen LogP contribution is 2.32. The Morgan fingerprint density at radius 2 is 1.89 bits per heavy atom. The number of thiazole rings is 1. The lowest BCUT2D eigenvalue weighted by Crippen LogP contribution is -2.37. The molecule has 27 heavy (non-hydrogen) atoms. The molecule has 0 unspecified atom stereocenters. The number of halogens is 1. The molecule has 3 rings (SSSR count). The van der Waals surface area contributed by atoms with E-state index in [1.807, 2.05) is 63.5 Å². The topological polar surface area (TPSA) is 45.7 Å². The zero-order chi connectivity index (χ0) is 18.7. The molecule has 0 N–H and O–H groups in total. The molecule has 0 saturated heterocycles. The Labute approximate surface area is 170 Å². The molecular formula is C20H24ClN3O2S. The number of hydrogen-bond acceptors (Lipinski definition) is 5. The second-order valence-corrected chi connectivity index (χ2v) is 7.41. The molecule has 0 aliphatic heterocycles. The Bertz CT molecular complexity index is 926. The van der Waals surface area contributed by atoms with E-state index in [0.29, 0.717) is 17.2 Å². The van der Waals surface area contributed by atoms with E-state index in [0.717, 1.165) is 28.1 Å². The number of benzene rings is 2. The minimum atomic E-state index is -0.0176. The van der Waals surface area contributed by atoms with Crippen LogP contribution < -0.4 is 9.64 Å². The van der Waals surface area contributed by atoms with Crippen molar-refractivity contribution in [3.63, 3.8) is 0 Å². The van der Waals surface area contributed by atoms with Crippen molar-refractivity contribution in [1.82, 2.24) is 9.88 Å². The fourth-order valence-electron chi connectivity index (χ4n) is 2.68. The number of likely N-dealkylation sites (N-methyl/N-ethyl adjacent to an activating group) is 1. The van der Waals surface area contributed by atoms with Gasteiger partial charge in [-0.1, -0.05) is 29.5 Å². The van der Waals surface area contributed by atoms with Crippen LogP contribution in [0.1, 0.15) is 15.9 Å². The van der Waals surface area contributed by atoms with Crippen LogP contribution in [-0.2, 0) is 0 Å². The van der Waals surface area contributed by atoms with Gasteiger partial charge in [0.15, 0.2) is 5.13 Å². The van der Waals surface area contributed by atoms with Crippen LogP contribution in [-0.4, -0.2) is 50.1 Å². The highest BCUT2D eigenvalue weighted by atomic mass is 35.5. The molecular weight excluding hydrogens is 382 g/mol. The third-order valence-electron chi connectivity index (χ3n) is 4.21. The number of aromatic nitrogens is 1. The summed E-state index contributed by atoms with van der Waals surface area (Å²) < 4.78 is 6.32. The van der Waals surface area contributed by atoms with Crippen molar-refractivity contribution in [3.8, 4) is 5.75 Å². The van der Waals surface area contributed by atoms with Gasteiger partial charge < -0.3 is 9.64 Å². The Morgan fingerprint density at radius 3 is 2.56 bits per heavy atom. The minimum absolute atomic E-state index is 0. The third-order valence-corrected chi connectivity index (χ3v) is 5.27. The van der Waals surface area contributed by atoms with Crippen LogP contribution in [0.2, 0.25) is 0 Å². The lowest BCUT2D eigenvalue weighted by atomic mass is 10.1. The number of nitrogens with zero attached hydrogens (tertiary/aromatic N) is 3. The van der Waals surface area contributed by atoms with Gasteiger partial charge >= 0.3 is 0 Å². The molecule has 0 aliphatic carbocycles. The van der Waals surface area contributed by atoms with Crippen molar-refractivity contribution in [2.75, 3.05) is 39.2 Å². The van der Waals surface area contributed by atoms with E-state index in [9.17, 15) is 4.79 Å². The standard InChI is InChI=1S/C20H23N3O2S.ClH/c1-14-7-5-6-8-16(14)19(24)23(12-11-22(2)3)20-21-17-13-15(25-4)9-10-18(17)26-20;/h5-10,13H,11-12H2,1-4H3;1H. The maximum atomic E-state index is 13.2. The first-order valence-corrected chi connectivity index (χ1v) is 9.28. The molecule has 1 aromatic heterocycles. The van der Waals surface area contributed by atoms with Gasteiger partial charge in [0.2, 0.25) is 0 Å². The predicted molar refractivity (Wildman–Crippen MR) is 115 cm³/mol. The fourth-order valence-corrected chi connectivity index (χ4v) is 3.65. The van der Waals surface area contributed by atoms with Gasteiger partial charge in [0, 0.05) is 24.7 Å². The number of methoxy groups -OCH3 is 1. The summed E-state index contributed by atoms with van der Waals surface area (Å²) >= 11 is 1.52. The number of anilines is 1. The first kappa shape index (κ1) is 21.2. The number of amides is 1. The molecule has 0 radical (unpaired) electrons. The van der Waals surface area contributed by atoms with Gasteiger partial charge in [0.05, 0.1) is 17.3 Å². The van der Waals surface area contributed by atoms with E-state index >= 15 is 0 Å². The number of fused-ring (bicyclic) bond motifs is 1. The van der Waals surface area contributed by atoms with Crippen LogP contribution >= 0.6 is 23.7 Å². The van der Waals surface area contributed by atoms with Crippen molar-refractivity contribution < 1.29 is 9.53 Å². The summed E-state index contributed by atoms with van der Waals surface area (Å²) in [4.78, 5) is 21.8. The molecule has 0 saturated carbocycles. The molecule has 0 bridgehead atoms. The molecule has 0 atom stereocenters. The second kappa shape index (κ2) is 9.17. The average molecular weight is 406 g/mol. The lowest BCUT2D eigenvalue weighted by Gasteiger charge is -2.22. The van der Waals surface area contributed by atoms with Gasteiger partial charge in [-0.25, -0.2) is 4.98 Å². The number of rotatable bonds is 6. The van der Waals surface area contributed by atoms with Gasteiger partial charge in [-0.3, -0.25) is 9.69 Å². The SMILES string of the molecule is COc1ccc2sc(N(CCN(C)C)C(=O)c3ccccc3C)nc2c1.Cl. The van der Waals surface area contributed by atoms with Crippen LogP contribution in [0.15, 0.2) is 42.5 Å². The minimum Gasteiger partial charge on any atom is -0.497 e. The van der Waals surface area contributed by atoms with Crippen LogP contribution in [0.25, 0.3) is 10.2 Å². The lowest BCUT2D eigenvalue weighted by molar-refractivity contribution is 0.0984. The van der Waals surface area contributed by atoms with E-state index < -0.39 is 0 Å². The maximum absolute atomic E-state index is 13.2. The fraction of sp³-hybridized carbons (Fsp3) is 0.300. The van der Waals surface area contributed by atoms with Gasteiger partial charge in [-0.2, -0.15) is 0 Å². The molecule has 3 aromatic rings. The van der Waals surface area contributed by atoms with Crippen molar-refractivity contribution >= 4 is 45.0 Å². The van der Waals surface area contributed by atoms with E-state index in [4.69, 9.17) is 9.72 Å². The summed E-state index contributed by atoms with van der Waals surface area (Å²) in [6.07, 6.45) is 0. The summed E-state index contributed by atoms with van der Waals surface area (Å²) in [6.45, 7) is 3.30. The first-order chi connectivity index (χ1) is 12.5. The second-order valence-electron chi connectivity index (χ2n) is 6.41. The molecule has 1 amide bonds. The Hall–Kier alpha value is -2.15. The summed E-state index contributed by atoms with van der Waals surface area (Å²) in [5.74, 6) is 0.746. The van der Waals surface area contributed by atoms with Crippen molar-refractivity contribution in [3.05, 3.63) is 53.6 Å². The Morgan fingerprint density at radius 1 is 1.15 bits per heavy atom. The summed E-state index contributed by atoms with van der Waals surface area (Å²) in [7, 11) is 5.64. The van der Waals surface area contributed by atoms with Crippen LogP contribution in [0.4, 0.5) is 5.13 Å². The highest BCUT2D eigenvalue weighted by Gasteiger charge is 2.22. The number of aryl methyl sites for hydroxylation is 1. The third kappa shape index (κ3) is 4.77. The number of carbonyl (C=O) groups is 1. The molecule has 0 fully saturated rings. The average Bonchev–Trinajstić information content (AvgIpc) is 3.04. The summed E-state index contributed by atoms with van der Waals surface area (Å²) in [5, 5.41) is 0.711. The van der Waals surface area contributed by atoms with Crippen LogP contribution in [0.3, 0.4) is 0 Å². The van der Waals surface area contributed by atoms with E-state index in [2.05, 4.69) is 4.90 Å². The van der Waals surface area contributed by atoms with E-state index in [-0.39, 0.29) is 18.3 Å². The van der Waals surface area contributed by atoms with Crippen molar-refractivity contribution in [2.24, 2.45) is 0 Å². The molecule has 144 valence electrons. The highest BCUT2D eigenvalue weighted by molar-refractivity contribution is 7.22. The maximum Gasteiger partial charge on any atom is 0.260 e. The quantitative estimate of drug-likeness (QED) is 0.615. The van der Waals surface area contributed by atoms with Gasteiger partial charge in [-0.15, -0.1) is 12.4 Å². The molecule has 2 aromatic carbocycles. The predicted octanol–water partition coefficient (Wildman–Crippen LogP) is 4.24. The van der Waals surface area contributed by atoms with Gasteiger partial charge in [0.1, 0.15) is 5.75 Å². The molecule has 0 spiro atoms. The van der Waals surface area contributed by atoms with E-state index in [1.165, 1.54) is 11.3 Å². The van der Waals surface area contributed by atoms with Gasteiger partial charge in [0.25, 0.3) is 5.91 Å². The summed E-state index contributed by atoms with van der Waals surface area (Å²) in [5.41, 5.74) is 2.52. The molecule has 1 heterocycles. The van der Waals surface area contributed by atoms with Crippen molar-refractivity contribution in [2.45, 2.75) is 6.92 Å². The molecule has 7 heteroatoms.